The maximum absolute atomic E-state index is 12.3. The van der Waals surface area contributed by atoms with Crippen LogP contribution < -0.4 is 9.62 Å². The van der Waals surface area contributed by atoms with Crippen LogP contribution in [0.2, 0.25) is 0 Å². The molecule has 158 valence electrons. The number of hydrogen-bond donors (Lipinski definition) is 1. The Morgan fingerprint density at radius 1 is 1.07 bits per heavy atom. The van der Waals surface area contributed by atoms with Crippen LogP contribution in [0.15, 0.2) is 54.6 Å². The molecule has 0 aliphatic rings. The summed E-state index contributed by atoms with van der Waals surface area (Å²) in [7, 11) is -3.44. The second-order valence-electron chi connectivity index (χ2n) is 6.79. The summed E-state index contributed by atoms with van der Waals surface area (Å²) in [5, 5.41) is 12.0. The van der Waals surface area contributed by atoms with Gasteiger partial charge in [0.05, 0.1) is 11.9 Å². The van der Waals surface area contributed by atoms with Crippen LogP contribution in [-0.2, 0) is 21.2 Å². The molecule has 9 heteroatoms. The fourth-order valence-corrected chi connectivity index (χ4v) is 4.65. The van der Waals surface area contributed by atoms with Gasteiger partial charge in [-0.05, 0) is 30.5 Å². The van der Waals surface area contributed by atoms with Gasteiger partial charge in [0.1, 0.15) is 5.01 Å². The highest BCUT2D eigenvalue weighted by molar-refractivity contribution is 7.92. The predicted molar refractivity (Wildman–Crippen MR) is 121 cm³/mol. The van der Waals surface area contributed by atoms with Crippen molar-refractivity contribution in [2.75, 3.05) is 22.4 Å². The molecule has 1 heterocycles. The molecule has 1 N–H and O–H groups in total. The monoisotopic (exact) mass is 444 g/mol. The Morgan fingerprint density at radius 3 is 2.40 bits per heavy atom. The van der Waals surface area contributed by atoms with Crippen LogP contribution in [-0.4, -0.2) is 37.3 Å². The van der Waals surface area contributed by atoms with Crippen LogP contribution in [0.5, 0.6) is 0 Å². The van der Waals surface area contributed by atoms with Gasteiger partial charge < -0.3 is 5.32 Å². The summed E-state index contributed by atoms with van der Waals surface area (Å²) in [6.07, 6.45) is 2.63. The van der Waals surface area contributed by atoms with Gasteiger partial charge in [-0.2, -0.15) is 0 Å². The fourth-order valence-electron chi connectivity index (χ4n) is 2.92. The number of amides is 1. The van der Waals surface area contributed by atoms with Crippen molar-refractivity contribution in [2.24, 2.45) is 0 Å². The molecule has 0 bridgehead atoms. The van der Waals surface area contributed by atoms with Gasteiger partial charge in [-0.15, -0.1) is 10.2 Å². The van der Waals surface area contributed by atoms with Gasteiger partial charge in [0.2, 0.25) is 21.1 Å². The van der Waals surface area contributed by atoms with E-state index in [1.54, 1.807) is 12.1 Å². The van der Waals surface area contributed by atoms with Crippen molar-refractivity contribution in [3.05, 3.63) is 60.2 Å². The molecule has 0 aliphatic heterocycles. The van der Waals surface area contributed by atoms with E-state index in [2.05, 4.69) is 15.5 Å². The van der Waals surface area contributed by atoms with E-state index < -0.39 is 10.0 Å². The molecule has 3 aromatic rings. The zero-order valence-electron chi connectivity index (χ0n) is 16.9. The first-order chi connectivity index (χ1) is 14.4. The Hall–Kier alpha value is -2.78. The van der Waals surface area contributed by atoms with Crippen LogP contribution in [0.4, 0.5) is 10.8 Å². The summed E-state index contributed by atoms with van der Waals surface area (Å²) in [6, 6.07) is 17.0. The van der Waals surface area contributed by atoms with E-state index in [1.807, 2.05) is 49.4 Å². The zero-order valence-corrected chi connectivity index (χ0v) is 18.5. The maximum Gasteiger partial charge on any atom is 0.232 e. The average molecular weight is 445 g/mol. The molecule has 0 unspecified atom stereocenters. The zero-order chi connectivity index (χ0) is 21.6. The number of carbonyl (C=O) groups is 1. The maximum atomic E-state index is 12.3. The number of carbonyl (C=O) groups excluding carboxylic acids is 1. The highest BCUT2D eigenvalue weighted by Gasteiger charge is 2.18. The number of aryl methyl sites for hydroxylation is 1. The smallest absolute Gasteiger partial charge is 0.232 e. The molecular weight excluding hydrogens is 420 g/mol. The molecule has 0 saturated carbocycles. The molecule has 0 radical (unpaired) electrons. The summed E-state index contributed by atoms with van der Waals surface area (Å²) in [5.41, 5.74) is 2.68. The average Bonchev–Trinajstić information content (AvgIpc) is 3.19. The summed E-state index contributed by atoms with van der Waals surface area (Å²) in [4.78, 5) is 12.3. The minimum Gasteiger partial charge on any atom is -0.301 e. The lowest BCUT2D eigenvalue weighted by Gasteiger charge is -2.22. The topological polar surface area (TPSA) is 92.3 Å². The van der Waals surface area contributed by atoms with Gasteiger partial charge in [-0.25, -0.2) is 8.42 Å². The van der Waals surface area contributed by atoms with Crippen molar-refractivity contribution in [3.8, 4) is 10.6 Å². The van der Waals surface area contributed by atoms with Crippen molar-refractivity contribution >= 4 is 38.1 Å². The molecule has 0 aliphatic carbocycles. The molecule has 1 aromatic heterocycles. The van der Waals surface area contributed by atoms with E-state index in [-0.39, 0.29) is 18.9 Å². The first-order valence-electron chi connectivity index (χ1n) is 9.62. The number of hydrogen-bond acceptors (Lipinski definition) is 6. The molecule has 2 aromatic carbocycles. The number of benzene rings is 2. The van der Waals surface area contributed by atoms with Crippen LogP contribution in [0.1, 0.15) is 25.3 Å². The Bertz CT molecular complexity index is 1080. The van der Waals surface area contributed by atoms with Crippen LogP contribution in [0, 0.1) is 0 Å². The van der Waals surface area contributed by atoms with E-state index in [1.165, 1.54) is 21.9 Å². The normalized spacial score (nSPS) is 11.3. The van der Waals surface area contributed by atoms with Crippen molar-refractivity contribution in [1.29, 1.82) is 0 Å². The van der Waals surface area contributed by atoms with Crippen LogP contribution in [0.25, 0.3) is 10.6 Å². The second kappa shape index (κ2) is 9.82. The molecular formula is C21H24N4O3S2. The summed E-state index contributed by atoms with van der Waals surface area (Å²) in [6.45, 7) is 2.27. The van der Waals surface area contributed by atoms with Crippen molar-refractivity contribution in [3.63, 3.8) is 0 Å². The van der Waals surface area contributed by atoms with Gasteiger partial charge in [-0.1, -0.05) is 60.7 Å². The van der Waals surface area contributed by atoms with Gasteiger partial charge in [0, 0.05) is 18.5 Å². The highest BCUT2D eigenvalue weighted by atomic mass is 32.2. The molecule has 0 saturated heterocycles. The Kier molecular flexibility index (Phi) is 7.17. The number of sulfonamides is 1. The lowest BCUT2D eigenvalue weighted by Crippen LogP contribution is -2.31. The molecule has 3 rings (SSSR count). The summed E-state index contributed by atoms with van der Waals surface area (Å²) < 4.78 is 25.7. The molecule has 30 heavy (non-hydrogen) atoms. The number of rotatable bonds is 9. The van der Waals surface area contributed by atoms with Gasteiger partial charge in [0.15, 0.2) is 0 Å². The minimum atomic E-state index is -3.44. The Balaban J connectivity index is 1.56. The van der Waals surface area contributed by atoms with E-state index in [4.69, 9.17) is 0 Å². The van der Waals surface area contributed by atoms with Gasteiger partial charge >= 0.3 is 0 Å². The Morgan fingerprint density at radius 2 is 1.77 bits per heavy atom. The number of nitrogens with zero attached hydrogens (tertiary/aromatic N) is 3. The van der Waals surface area contributed by atoms with Crippen molar-refractivity contribution < 1.29 is 13.2 Å². The third kappa shape index (κ3) is 5.87. The molecule has 1 amide bonds. The van der Waals surface area contributed by atoms with E-state index >= 15 is 0 Å². The van der Waals surface area contributed by atoms with E-state index in [0.29, 0.717) is 17.2 Å². The SMILES string of the molecule is CCc1ccc(N(CCCC(=O)Nc2nnc(-c3ccccc3)s2)S(C)(=O)=O)cc1. The van der Waals surface area contributed by atoms with Gasteiger partial charge in [0.25, 0.3) is 0 Å². The quantitative estimate of drug-likeness (QED) is 0.539. The minimum absolute atomic E-state index is 0.180. The van der Waals surface area contributed by atoms with Crippen molar-refractivity contribution in [1.82, 2.24) is 10.2 Å². The second-order valence-corrected chi connectivity index (χ2v) is 9.67. The van der Waals surface area contributed by atoms with E-state index in [9.17, 15) is 13.2 Å². The van der Waals surface area contributed by atoms with Gasteiger partial charge in [-0.3, -0.25) is 9.10 Å². The number of aromatic nitrogens is 2. The van der Waals surface area contributed by atoms with Crippen molar-refractivity contribution in [2.45, 2.75) is 26.2 Å². The number of nitrogens with one attached hydrogen (secondary N) is 1. The largest absolute Gasteiger partial charge is 0.301 e. The Labute approximate surface area is 180 Å². The predicted octanol–water partition coefficient (Wildman–Crippen LogP) is 3.95. The summed E-state index contributed by atoms with van der Waals surface area (Å²) in [5.74, 6) is -0.222. The third-order valence-electron chi connectivity index (χ3n) is 4.49. The first-order valence-corrected chi connectivity index (χ1v) is 12.3. The summed E-state index contributed by atoms with van der Waals surface area (Å²) >= 11 is 1.30. The fraction of sp³-hybridized carbons (Fsp3) is 0.286. The molecule has 0 fully saturated rings. The lowest BCUT2D eigenvalue weighted by atomic mass is 10.1. The highest BCUT2D eigenvalue weighted by Crippen LogP contribution is 2.26. The van der Waals surface area contributed by atoms with Crippen LogP contribution in [0.3, 0.4) is 0 Å². The lowest BCUT2D eigenvalue weighted by molar-refractivity contribution is -0.116. The van der Waals surface area contributed by atoms with Crippen LogP contribution >= 0.6 is 11.3 Å². The standard InChI is InChI=1S/C21H24N4O3S2/c1-3-16-11-13-18(14-12-16)25(30(2,27)28)15-7-10-19(26)22-21-24-23-20(29-21)17-8-5-4-6-9-17/h4-6,8-9,11-14H,3,7,10,15H2,1-2H3,(H,22,24,26). The first kappa shape index (κ1) is 21.9. The molecule has 0 atom stereocenters. The third-order valence-corrected chi connectivity index (χ3v) is 6.57. The molecule has 7 nitrogen and oxygen atoms in total. The number of anilines is 2. The molecule has 0 spiro atoms. The van der Waals surface area contributed by atoms with E-state index in [0.717, 1.165) is 22.6 Å².